The molecule has 1 amide bonds. The lowest BCUT2D eigenvalue weighted by Crippen LogP contribution is -2.35. The van der Waals surface area contributed by atoms with Gasteiger partial charge in [0.05, 0.1) is 30.5 Å². The molecule has 0 N–H and O–H groups in total. The number of aromatic nitrogens is 3. The quantitative estimate of drug-likeness (QED) is 0.528. The van der Waals surface area contributed by atoms with E-state index in [-0.39, 0.29) is 36.8 Å². The van der Waals surface area contributed by atoms with E-state index in [2.05, 4.69) is 10.1 Å². The average Bonchev–Trinajstić information content (AvgIpc) is 2.75. The molecule has 0 aliphatic carbocycles. The second-order valence-electron chi connectivity index (χ2n) is 6.83. The molecule has 0 spiro atoms. The predicted octanol–water partition coefficient (Wildman–Crippen LogP) is 1.85. The summed E-state index contributed by atoms with van der Waals surface area (Å²) in [5.41, 5.74) is 1.16. The fourth-order valence-corrected chi connectivity index (χ4v) is 3.22. The highest BCUT2D eigenvalue weighted by Gasteiger charge is 2.19. The van der Waals surface area contributed by atoms with Crippen LogP contribution >= 0.6 is 0 Å². The Morgan fingerprint density at radius 2 is 1.90 bits per heavy atom. The van der Waals surface area contributed by atoms with Crippen LogP contribution in [0.4, 0.5) is 0 Å². The first kappa shape index (κ1) is 21.2. The van der Waals surface area contributed by atoms with Crippen LogP contribution in [0.2, 0.25) is 0 Å². The van der Waals surface area contributed by atoms with Crippen LogP contribution in [0.25, 0.3) is 10.8 Å². The number of hydrogen-bond acceptors (Lipinski definition) is 6. The largest absolute Gasteiger partial charge is 0.466 e. The zero-order valence-electron chi connectivity index (χ0n) is 17.1. The maximum Gasteiger partial charge on any atom is 0.307 e. The molecule has 3 rings (SSSR count). The van der Waals surface area contributed by atoms with Crippen molar-refractivity contribution in [2.75, 3.05) is 13.2 Å². The molecule has 0 aliphatic heterocycles. The zero-order chi connectivity index (χ0) is 21.5. The van der Waals surface area contributed by atoms with Crippen molar-refractivity contribution in [1.29, 1.82) is 0 Å². The minimum absolute atomic E-state index is 0.0116. The van der Waals surface area contributed by atoms with E-state index < -0.39 is 0 Å². The van der Waals surface area contributed by atoms with E-state index >= 15 is 0 Å². The number of carbonyl (C=O) groups excluding carboxylic acids is 2. The molecule has 30 heavy (non-hydrogen) atoms. The van der Waals surface area contributed by atoms with Gasteiger partial charge in [0.25, 0.3) is 5.56 Å². The van der Waals surface area contributed by atoms with Crippen molar-refractivity contribution in [3.05, 3.63) is 70.4 Å². The molecule has 8 heteroatoms. The van der Waals surface area contributed by atoms with E-state index in [0.717, 1.165) is 5.56 Å². The number of nitrogens with zero attached hydrogens (tertiary/aromatic N) is 4. The third-order valence-electron chi connectivity index (χ3n) is 4.69. The molecule has 8 nitrogen and oxygen atoms in total. The molecule has 0 atom stereocenters. The van der Waals surface area contributed by atoms with Crippen molar-refractivity contribution in [3.8, 4) is 0 Å². The Hall–Kier alpha value is -3.55. The van der Waals surface area contributed by atoms with Crippen molar-refractivity contribution in [3.63, 3.8) is 0 Å². The van der Waals surface area contributed by atoms with E-state index in [1.54, 1.807) is 55.5 Å². The average molecular weight is 408 g/mol. The predicted molar refractivity (Wildman–Crippen MR) is 112 cm³/mol. The van der Waals surface area contributed by atoms with Gasteiger partial charge in [0.1, 0.15) is 0 Å². The zero-order valence-corrected chi connectivity index (χ0v) is 17.1. The Labute approximate surface area is 174 Å². The smallest absolute Gasteiger partial charge is 0.307 e. The van der Waals surface area contributed by atoms with E-state index in [0.29, 0.717) is 29.6 Å². The fraction of sp³-hybridized carbons (Fsp3) is 0.318. The number of benzene rings is 1. The summed E-state index contributed by atoms with van der Waals surface area (Å²) < 4.78 is 6.23. The van der Waals surface area contributed by atoms with Gasteiger partial charge in [-0.2, -0.15) is 5.10 Å². The van der Waals surface area contributed by atoms with Crippen LogP contribution in [0, 0.1) is 0 Å². The molecule has 0 radical (unpaired) electrons. The number of fused-ring (bicyclic) bond motifs is 1. The normalized spacial score (nSPS) is 10.7. The molecule has 0 aliphatic rings. The lowest BCUT2D eigenvalue weighted by atomic mass is 10.1. The second-order valence-corrected chi connectivity index (χ2v) is 6.83. The Kier molecular flexibility index (Phi) is 6.90. The maximum atomic E-state index is 13.2. The Balaban J connectivity index is 1.85. The highest BCUT2D eigenvalue weighted by atomic mass is 16.5. The van der Waals surface area contributed by atoms with Gasteiger partial charge < -0.3 is 9.64 Å². The molecule has 0 unspecified atom stereocenters. The molecule has 0 saturated carbocycles. The minimum atomic E-state index is -0.354. The van der Waals surface area contributed by atoms with E-state index in [4.69, 9.17) is 4.74 Å². The van der Waals surface area contributed by atoms with Gasteiger partial charge in [-0.3, -0.25) is 19.4 Å². The number of esters is 1. The molecule has 0 saturated heterocycles. The van der Waals surface area contributed by atoms with Crippen LogP contribution in [0.15, 0.2) is 53.6 Å². The first-order valence-corrected chi connectivity index (χ1v) is 9.76. The van der Waals surface area contributed by atoms with Gasteiger partial charge in [-0.05, 0) is 24.6 Å². The summed E-state index contributed by atoms with van der Waals surface area (Å²) in [5, 5.41) is 5.48. The third kappa shape index (κ3) is 5.08. The summed E-state index contributed by atoms with van der Waals surface area (Å²) >= 11 is 0. The highest BCUT2D eigenvalue weighted by Crippen LogP contribution is 2.15. The van der Waals surface area contributed by atoms with Gasteiger partial charge in [0.2, 0.25) is 5.91 Å². The van der Waals surface area contributed by atoms with Crippen molar-refractivity contribution >= 4 is 22.6 Å². The number of rotatable bonds is 8. The molecule has 2 aromatic heterocycles. The summed E-state index contributed by atoms with van der Waals surface area (Å²) in [6, 6.07) is 10.8. The van der Waals surface area contributed by atoms with Gasteiger partial charge >= 0.3 is 5.97 Å². The first-order valence-electron chi connectivity index (χ1n) is 9.76. The summed E-state index contributed by atoms with van der Waals surface area (Å²) in [6.07, 6.45) is 3.46. The van der Waals surface area contributed by atoms with Crippen LogP contribution in [0.1, 0.15) is 24.6 Å². The summed E-state index contributed by atoms with van der Waals surface area (Å²) in [5.74, 6) is -0.549. The summed E-state index contributed by atoms with van der Waals surface area (Å²) in [7, 11) is 1.57. The van der Waals surface area contributed by atoms with Crippen LogP contribution in [0.5, 0.6) is 0 Å². The number of pyridine rings is 1. The minimum Gasteiger partial charge on any atom is -0.466 e. The standard InChI is InChI=1S/C22H24N4O4/c1-3-30-21(28)10-12-26(15-16-7-6-11-23-14-16)20(27)13-19-17-8-4-5-9-18(17)22(29)25(2)24-19/h4-9,11,14H,3,10,12-13,15H2,1-2H3. The van der Waals surface area contributed by atoms with Gasteiger partial charge in [-0.15, -0.1) is 0 Å². The Morgan fingerprint density at radius 1 is 1.13 bits per heavy atom. The lowest BCUT2D eigenvalue weighted by Gasteiger charge is -2.22. The highest BCUT2D eigenvalue weighted by molar-refractivity contribution is 5.88. The SMILES string of the molecule is CCOC(=O)CCN(Cc1cccnc1)C(=O)Cc1nn(C)c(=O)c2ccccc12. The van der Waals surface area contributed by atoms with Crippen molar-refractivity contribution in [1.82, 2.24) is 19.7 Å². The number of aryl methyl sites for hydroxylation is 1. The Morgan fingerprint density at radius 3 is 2.60 bits per heavy atom. The molecular weight excluding hydrogens is 384 g/mol. The number of amides is 1. The molecule has 0 fully saturated rings. The van der Waals surface area contributed by atoms with Gasteiger partial charge in [0.15, 0.2) is 0 Å². The van der Waals surface area contributed by atoms with Crippen LogP contribution in [-0.2, 0) is 34.3 Å². The van der Waals surface area contributed by atoms with E-state index in [9.17, 15) is 14.4 Å². The number of hydrogen-bond donors (Lipinski definition) is 0. The topological polar surface area (TPSA) is 94.4 Å². The van der Waals surface area contributed by atoms with Crippen LogP contribution in [-0.4, -0.2) is 44.7 Å². The molecule has 1 aromatic carbocycles. The Bertz CT molecular complexity index is 1100. The second kappa shape index (κ2) is 9.78. The fourth-order valence-electron chi connectivity index (χ4n) is 3.22. The number of carbonyl (C=O) groups is 2. The molecule has 0 bridgehead atoms. The van der Waals surface area contributed by atoms with Crippen LogP contribution < -0.4 is 5.56 Å². The monoisotopic (exact) mass is 408 g/mol. The molecular formula is C22H24N4O4. The molecule has 3 aromatic rings. The van der Waals surface area contributed by atoms with Crippen molar-refractivity contribution in [2.45, 2.75) is 26.3 Å². The van der Waals surface area contributed by atoms with Gasteiger partial charge in [-0.1, -0.05) is 24.3 Å². The van der Waals surface area contributed by atoms with Gasteiger partial charge in [0, 0.05) is 37.9 Å². The third-order valence-corrected chi connectivity index (χ3v) is 4.69. The van der Waals surface area contributed by atoms with Gasteiger partial charge in [-0.25, -0.2) is 4.68 Å². The van der Waals surface area contributed by atoms with Crippen molar-refractivity contribution in [2.24, 2.45) is 7.05 Å². The summed E-state index contributed by atoms with van der Waals surface area (Å²) in [4.78, 5) is 43.0. The summed E-state index contributed by atoms with van der Waals surface area (Å²) in [6.45, 7) is 2.57. The maximum absolute atomic E-state index is 13.2. The first-order chi connectivity index (χ1) is 14.5. The number of ether oxygens (including phenoxy) is 1. The van der Waals surface area contributed by atoms with E-state index in [1.807, 2.05) is 12.1 Å². The van der Waals surface area contributed by atoms with Crippen LogP contribution in [0.3, 0.4) is 0 Å². The molecule has 2 heterocycles. The lowest BCUT2D eigenvalue weighted by molar-refractivity contribution is -0.144. The van der Waals surface area contributed by atoms with E-state index in [1.165, 1.54) is 4.68 Å². The van der Waals surface area contributed by atoms with Crippen molar-refractivity contribution < 1.29 is 14.3 Å². The molecule has 156 valence electrons.